The van der Waals surface area contributed by atoms with Crippen molar-refractivity contribution in [3.05, 3.63) is 47.7 Å². The smallest absolute Gasteiger partial charge is 0.305 e. The number of phenolic OH excluding ortho intramolecular Hbond substituents is 1. The van der Waals surface area contributed by atoms with Gasteiger partial charge < -0.3 is 9.52 Å². The van der Waals surface area contributed by atoms with Gasteiger partial charge in [-0.15, -0.1) is 0 Å². The van der Waals surface area contributed by atoms with Gasteiger partial charge in [0.2, 0.25) is 5.09 Å². The van der Waals surface area contributed by atoms with Crippen molar-refractivity contribution in [1.29, 1.82) is 0 Å². The molecule has 0 aliphatic rings. The van der Waals surface area contributed by atoms with Crippen LogP contribution in [-0.4, -0.2) is 30.9 Å². The highest BCUT2D eigenvalue weighted by Crippen LogP contribution is 2.17. The third-order valence-corrected chi connectivity index (χ3v) is 4.58. The second kappa shape index (κ2) is 7.18. The molecule has 1 heterocycles. The van der Waals surface area contributed by atoms with Crippen molar-refractivity contribution < 1.29 is 27.5 Å². The lowest BCUT2D eigenvalue weighted by molar-refractivity contribution is 0.0826. The Morgan fingerprint density at radius 1 is 1.00 bits per heavy atom. The van der Waals surface area contributed by atoms with E-state index < -0.39 is 32.5 Å². The third kappa shape index (κ3) is 4.83. The lowest BCUT2D eigenvalue weighted by Crippen LogP contribution is -2.41. The van der Waals surface area contributed by atoms with Crippen LogP contribution in [0.25, 0.3) is 0 Å². The Hall–Kier alpha value is -2.85. The Balaban J connectivity index is 2.04. The highest BCUT2D eigenvalue weighted by atomic mass is 32.2. The molecule has 0 unspecified atom stereocenters. The molecule has 2 amide bonds. The molecule has 0 spiro atoms. The van der Waals surface area contributed by atoms with Crippen molar-refractivity contribution in [2.75, 3.05) is 0 Å². The van der Waals surface area contributed by atoms with Crippen molar-refractivity contribution in [3.63, 3.8) is 0 Å². The second-order valence-corrected chi connectivity index (χ2v) is 8.01. The predicted octanol–water partition coefficient (Wildman–Crippen LogP) is 1.14. The Morgan fingerprint density at radius 2 is 1.62 bits per heavy atom. The molecule has 0 saturated heterocycles. The summed E-state index contributed by atoms with van der Waals surface area (Å²) in [6.07, 6.45) is 0. The molecule has 10 heteroatoms. The summed E-state index contributed by atoms with van der Waals surface area (Å²) in [5, 5.41) is 9.16. The van der Waals surface area contributed by atoms with Gasteiger partial charge in [-0.2, -0.15) is 0 Å². The molecule has 1 aromatic heterocycles. The number of aromatic hydroxyl groups is 1. The molecule has 2 aromatic rings. The van der Waals surface area contributed by atoms with Crippen molar-refractivity contribution in [2.24, 2.45) is 0 Å². The van der Waals surface area contributed by atoms with Crippen LogP contribution in [0.3, 0.4) is 0 Å². The number of hydrazine groups is 1. The molecular formula is C16H19N3O6S. The van der Waals surface area contributed by atoms with E-state index in [1.165, 1.54) is 18.2 Å². The maximum absolute atomic E-state index is 12.1. The minimum atomic E-state index is -3.93. The number of furan rings is 1. The normalized spacial score (nSPS) is 11.8. The number of hydrogen-bond donors (Lipinski definition) is 4. The number of amides is 2. The van der Waals surface area contributed by atoms with E-state index in [2.05, 4.69) is 15.6 Å². The summed E-state index contributed by atoms with van der Waals surface area (Å²) >= 11 is 0. The highest BCUT2D eigenvalue weighted by Gasteiger charge is 2.26. The van der Waals surface area contributed by atoms with Gasteiger partial charge in [0, 0.05) is 5.54 Å². The van der Waals surface area contributed by atoms with Crippen molar-refractivity contribution >= 4 is 21.8 Å². The number of phenols is 1. The lowest BCUT2D eigenvalue weighted by Gasteiger charge is -2.18. The summed E-state index contributed by atoms with van der Waals surface area (Å²) in [7, 11) is -3.93. The summed E-state index contributed by atoms with van der Waals surface area (Å²) < 4.78 is 31.7. The number of hydrogen-bond acceptors (Lipinski definition) is 6. The van der Waals surface area contributed by atoms with Crippen LogP contribution in [0.4, 0.5) is 0 Å². The van der Waals surface area contributed by atoms with Gasteiger partial charge in [0.15, 0.2) is 5.76 Å². The average Bonchev–Trinajstić information content (AvgIpc) is 3.01. The summed E-state index contributed by atoms with van der Waals surface area (Å²) in [6, 6.07) is 8.07. The monoisotopic (exact) mass is 381 g/mol. The first-order chi connectivity index (χ1) is 12.0. The van der Waals surface area contributed by atoms with E-state index in [0.29, 0.717) is 0 Å². The molecule has 9 nitrogen and oxygen atoms in total. The quantitative estimate of drug-likeness (QED) is 0.586. The SMILES string of the molecule is CC(C)(C)NS(=O)(=O)c1ccc(C(=O)NNC(=O)c2ccccc2O)o1. The topological polar surface area (TPSA) is 138 Å². The highest BCUT2D eigenvalue weighted by molar-refractivity contribution is 7.89. The van der Waals surface area contributed by atoms with Crippen LogP contribution in [0.5, 0.6) is 5.75 Å². The molecule has 0 bridgehead atoms. The number of nitrogens with one attached hydrogen (secondary N) is 3. The molecule has 0 radical (unpaired) electrons. The number of benzene rings is 1. The molecular weight excluding hydrogens is 362 g/mol. The van der Waals surface area contributed by atoms with Crippen molar-refractivity contribution in [3.8, 4) is 5.75 Å². The maximum Gasteiger partial charge on any atom is 0.305 e. The molecule has 0 fully saturated rings. The van der Waals surface area contributed by atoms with Crippen LogP contribution in [0.15, 0.2) is 45.9 Å². The second-order valence-electron chi connectivity index (χ2n) is 6.40. The first-order valence-electron chi connectivity index (χ1n) is 7.52. The van der Waals surface area contributed by atoms with E-state index in [4.69, 9.17) is 4.42 Å². The van der Waals surface area contributed by atoms with Gasteiger partial charge in [0.1, 0.15) is 5.75 Å². The Bertz CT molecular complexity index is 927. The molecule has 26 heavy (non-hydrogen) atoms. The van der Waals surface area contributed by atoms with Crippen LogP contribution in [0.1, 0.15) is 41.7 Å². The maximum atomic E-state index is 12.1. The Kier molecular flexibility index (Phi) is 5.38. The van der Waals surface area contributed by atoms with E-state index in [1.807, 2.05) is 0 Å². The minimum Gasteiger partial charge on any atom is -0.507 e. The zero-order valence-corrected chi connectivity index (χ0v) is 15.2. The van der Waals surface area contributed by atoms with Gasteiger partial charge in [0.05, 0.1) is 5.56 Å². The molecule has 0 aliphatic heterocycles. The number of sulfonamides is 1. The molecule has 0 atom stereocenters. The van der Waals surface area contributed by atoms with Gasteiger partial charge in [-0.05, 0) is 45.0 Å². The van der Waals surface area contributed by atoms with E-state index in [9.17, 15) is 23.1 Å². The molecule has 4 N–H and O–H groups in total. The Labute approximate surface area is 150 Å². The number of carbonyl (C=O) groups excluding carboxylic acids is 2. The minimum absolute atomic E-state index is 0.0371. The van der Waals surface area contributed by atoms with Gasteiger partial charge in [-0.1, -0.05) is 12.1 Å². The van der Waals surface area contributed by atoms with E-state index in [1.54, 1.807) is 32.9 Å². The standard InChI is InChI=1S/C16H19N3O6S/c1-16(2,3)19-26(23,24)13-9-8-12(25-13)15(22)18-17-14(21)10-6-4-5-7-11(10)20/h4-9,19-20H,1-3H3,(H,17,21)(H,18,22). The van der Waals surface area contributed by atoms with E-state index in [-0.39, 0.29) is 17.1 Å². The van der Waals surface area contributed by atoms with Gasteiger partial charge in [-0.25, -0.2) is 13.1 Å². The van der Waals surface area contributed by atoms with E-state index >= 15 is 0 Å². The fraction of sp³-hybridized carbons (Fsp3) is 0.250. The first-order valence-corrected chi connectivity index (χ1v) is 9.00. The zero-order valence-electron chi connectivity index (χ0n) is 14.4. The van der Waals surface area contributed by atoms with Crippen LogP contribution < -0.4 is 15.6 Å². The van der Waals surface area contributed by atoms with Gasteiger partial charge in [-0.3, -0.25) is 20.4 Å². The molecule has 2 rings (SSSR count). The lowest BCUT2D eigenvalue weighted by atomic mass is 10.1. The fourth-order valence-corrected chi connectivity index (χ4v) is 3.30. The predicted molar refractivity (Wildman–Crippen MR) is 91.8 cm³/mol. The van der Waals surface area contributed by atoms with Crippen molar-refractivity contribution in [2.45, 2.75) is 31.4 Å². The van der Waals surface area contributed by atoms with Gasteiger partial charge >= 0.3 is 5.91 Å². The van der Waals surface area contributed by atoms with Gasteiger partial charge in [0.25, 0.3) is 15.9 Å². The largest absolute Gasteiger partial charge is 0.507 e. The number of rotatable bonds is 4. The average molecular weight is 381 g/mol. The third-order valence-electron chi connectivity index (χ3n) is 2.95. The van der Waals surface area contributed by atoms with Crippen LogP contribution in [-0.2, 0) is 10.0 Å². The molecule has 1 aromatic carbocycles. The zero-order chi connectivity index (χ0) is 19.5. The molecule has 0 saturated carbocycles. The van der Waals surface area contributed by atoms with Crippen LogP contribution in [0.2, 0.25) is 0 Å². The summed E-state index contributed by atoms with van der Waals surface area (Å²) in [4.78, 5) is 23.9. The van der Waals surface area contributed by atoms with Crippen LogP contribution >= 0.6 is 0 Å². The number of para-hydroxylation sites is 1. The van der Waals surface area contributed by atoms with Crippen LogP contribution in [0, 0.1) is 0 Å². The summed E-state index contributed by atoms with van der Waals surface area (Å²) in [6.45, 7) is 4.99. The van der Waals surface area contributed by atoms with E-state index in [0.717, 1.165) is 6.07 Å². The molecule has 140 valence electrons. The Morgan fingerprint density at radius 3 is 2.23 bits per heavy atom. The summed E-state index contributed by atoms with van der Waals surface area (Å²) in [5.74, 6) is -2.16. The molecule has 0 aliphatic carbocycles. The van der Waals surface area contributed by atoms with Crippen molar-refractivity contribution in [1.82, 2.24) is 15.6 Å². The number of carbonyl (C=O) groups is 2. The first kappa shape index (κ1) is 19.5. The summed E-state index contributed by atoms with van der Waals surface area (Å²) in [5.41, 5.74) is 3.42. The fourth-order valence-electron chi connectivity index (χ4n) is 1.95.